The molecule has 1 heterocycles. The van der Waals surface area contributed by atoms with Crippen molar-refractivity contribution in [3.8, 4) is 0 Å². The van der Waals surface area contributed by atoms with Gasteiger partial charge in [0.25, 0.3) is 5.91 Å². The number of ether oxygens (including phenoxy) is 1. The normalized spacial score (nSPS) is 18.4. The van der Waals surface area contributed by atoms with Gasteiger partial charge in [-0.2, -0.15) is 0 Å². The third-order valence-corrected chi connectivity index (χ3v) is 7.82. The lowest BCUT2D eigenvalue weighted by molar-refractivity contribution is -0.136. The van der Waals surface area contributed by atoms with E-state index in [2.05, 4.69) is 0 Å². The minimum Gasteiger partial charge on any atom is -0.452 e. The molecule has 1 aromatic carbocycles. The minimum atomic E-state index is -3.55. The lowest BCUT2D eigenvalue weighted by Gasteiger charge is -2.28. The molecular formula is C18H24ClNO7S2. The molecule has 1 fully saturated rings. The quantitative estimate of drug-likeness (QED) is 0.536. The highest BCUT2D eigenvalue weighted by atomic mass is 35.5. The van der Waals surface area contributed by atoms with Gasteiger partial charge in [0, 0.05) is 18.8 Å². The van der Waals surface area contributed by atoms with Gasteiger partial charge in [0.2, 0.25) is 0 Å². The third kappa shape index (κ3) is 6.42. The summed E-state index contributed by atoms with van der Waals surface area (Å²) in [6.45, 7) is 1.74. The number of hydrogen-bond donors (Lipinski definition) is 0. The molecule has 0 radical (unpaired) electrons. The Morgan fingerprint density at radius 1 is 1.31 bits per heavy atom. The first-order chi connectivity index (χ1) is 13.4. The third-order valence-electron chi connectivity index (χ3n) is 4.63. The molecule has 8 nitrogen and oxygen atoms in total. The number of halogens is 1. The first-order valence-corrected chi connectivity index (χ1v) is 13.2. The Balaban J connectivity index is 2.10. The van der Waals surface area contributed by atoms with Gasteiger partial charge < -0.3 is 9.64 Å². The van der Waals surface area contributed by atoms with Gasteiger partial charge in [-0.3, -0.25) is 4.79 Å². The Hall–Kier alpha value is -1.65. The van der Waals surface area contributed by atoms with Crippen LogP contribution in [0.5, 0.6) is 0 Å². The fourth-order valence-electron chi connectivity index (χ4n) is 3.04. The van der Waals surface area contributed by atoms with Crippen molar-refractivity contribution in [3.63, 3.8) is 0 Å². The highest BCUT2D eigenvalue weighted by Crippen LogP contribution is 2.22. The molecule has 0 aliphatic carbocycles. The number of esters is 1. The number of sulfone groups is 2. The van der Waals surface area contributed by atoms with Crippen LogP contribution in [0, 0.1) is 0 Å². The molecule has 162 valence electrons. The van der Waals surface area contributed by atoms with Crippen molar-refractivity contribution >= 4 is 43.2 Å². The SMILES string of the molecule is CCCCN(C(=O)COC(=O)c1cc(S(C)(=O)=O)ccc1Cl)C1CCS(=O)(=O)C1. The molecule has 0 N–H and O–H groups in total. The summed E-state index contributed by atoms with van der Waals surface area (Å²) in [7, 11) is -6.72. The standard InChI is InChI=1S/C18H24ClNO7S2/c1-3-4-8-20(13-7-9-29(25,26)12-13)17(21)11-27-18(22)15-10-14(28(2,23)24)5-6-16(15)19/h5-6,10,13H,3-4,7-9,11-12H2,1-2H3. The van der Waals surface area contributed by atoms with Crippen molar-refractivity contribution in [2.24, 2.45) is 0 Å². The number of carbonyl (C=O) groups excluding carboxylic acids is 2. The van der Waals surface area contributed by atoms with E-state index in [1.807, 2.05) is 6.92 Å². The number of unbranched alkanes of at least 4 members (excludes halogenated alkanes) is 1. The second-order valence-electron chi connectivity index (χ2n) is 6.99. The molecule has 1 saturated heterocycles. The molecule has 1 unspecified atom stereocenters. The summed E-state index contributed by atoms with van der Waals surface area (Å²) >= 11 is 5.96. The van der Waals surface area contributed by atoms with Crippen molar-refractivity contribution in [1.82, 2.24) is 4.90 Å². The highest BCUT2D eigenvalue weighted by Gasteiger charge is 2.34. The van der Waals surface area contributed by atoms with Crippen molar-refractivity contribution < 1.29 is 31.2 Å². The van der Waals surface area contributed by atoms with E-state index in [0.29, 0.717) is 19.4 Å². The predicted octanol–water partition coefficient (Wildman–Crippen LogP) is 1.72. The van der Waals surface area contributed by atoms with E-state index in [0.717, 1.165) is 18.7 Å². The molecule has 11 heteroatoms. The van der Waals surface area contributed by atoms with Gasteiger partial charge in [-0.1, -0.05) is 24.9 Å². The lowest BCUT2D eigenvalue weighted by Crippen LogP contribution is -2.43. The zero-order valence-corrected chi connectivity index (χ0v) is 18.6. The van der Waals surface area contributed by atoms with Crippen LogP contribution in [0.1, 0.15) is 36.5 Å². The molecule has 1 atom stereocenters. The van der Waals surface area contributed by atoms with E-state index in [4.69, 9.17) is 16.3 Å². The molecule has 0 spiro atoms. The second kappa shape index (κ2) is 9.44. The molecule has 1 aliphatic heterocycles. The van der Waals surface area contributed by atoms with Crippen molar-refractivity contribution in [2.45, 2.75) is 37.1 Å². The monoisotopic (exact) mass is 465 g/mol. The summed E-state index contributed by atoms with van der Waals surface area (Å²) in [6.07, 6.45) is 2.86. The lowest BCUT2D eigenvalue weighted by atomic mass is 10.2. The first kappa shape index (κ1) is 23.6. The fraction of sp³-hybridized carbons (Fsp3) is 0.556. The maximum absolute atomic E-state index is 12.6. The Morgan fingerprint density at radius 2 is 2.00 bits per heavy atom. The smallest absolute Gasteiger partial charge is 0.340 e. The molecule has 0 saturated carbocycles. The molecule has 0 bridgehead atoms. The van der Waals surface area contributed by atoms with Gasteiger partial charge in [0.15, 0.2) is 26.3 Å². The number of hydrogen-bond acceptors (Lipinski definition) is 7. The summed E-state index contributed by atoms with van der Waals surface area (Å²) in [4.78, 5) is 26.3. The number of rotatable bonds is 8. The molecule has 1 amide bonds. The summed E-state index contributed by atoms with van der Waals surface area (Å²) in [5.41, 5.74) is -0.161. The Morgan fingerprint density at radius 3 is 2.55 bits per heavy atom. The van der Waals surface area contributed by atoms with E-state index in [9.17, 15) is 26.4 Å². The Bertz CT molecular complexity index is 989. The van der Waals surface area contributed by atoms with E-state index < -0.39 is 44.2 Å². The zero-order chi connectivity index (χ0) is 21.8. The molecule has 1 aromatic rings. The van der Waals surface area contributed by atoms with E-state index in [1.54, 1.807) is 0 Å². The van der Waals surface area contributed by atoms with Gasteiger partial charge in [-0.25, -0.2) is 21.6 Å². The summed E-state index contributed by atoms with van der Waals surface area (Å²) in [6, 6.07) is 3.21. The van der Waals surface area contributed by atoms with E-state index in [1.165, 1.54) is 17.0 Å². The number of nitrogens with zero attached hydrogens (tertiary/aromatic N) is 1. The van der Waals surface area contributed by atoms with Crippen LogP contribution in [-0.2, 0) is 29.2 Å². The first-order valence-electron chi connectivity index (χ1n) is 9.11. The molecule has 0 aromatic heterocycles. The second-order valence-corrected chi connectivity index (χ2v) is 11.6. The van der Waals surface area contributed by atoms with Crippen LogP contribution in [0.15, 0.2) is 23.1 Å². The van der Waals surface area contributed by atoms with Crippen molar-refractivity contribution in [3.05, 3.63) is 28.8 Å². The van der Waals surface area contributed by atoms with E-state index in [-0.39, 0.29) is 27.0 Å². The predicted molar refractivity (Wildman–Crippen MR) is 109 cm³/mol. The van der Waals surface area contributed by atoms with Crippen LogP contribution in [0.3, 0.4) is 0 Å². The molecule has 1 aliphatic rings. The van der Waals surface area contributed by atoms with Gasteiger partial charge in [0.1, 0.15) is 0 Å². The zero-order valence-electron chi connectivity index (χ0n) is 16.3. The van der Waals surface area contributed by atoms with Crippen LogP contribution in [0.4, 0.5) is 0 Å². The maximum Gasteiger partial charge on any atom is 0.340 e. The van der Waals surface area contributed by atoms with Crippen LogP contribution in [0.25, 0.3) is 0 Å². The summed E-state index contributed by atoms with van der Waals surface area (Å²) < 4.78 is 51.9. The maximum atomic E-state index is 12.6. The topological polar surface area (TPSA) is 115 Å². The molecule has 2 rings (SSSR count). The van der Waals surface area contributed by atoms with Crippen molar-refractivity contribution in [1.29, 1.82) is 0 Å². The summed E-state index contributed by atoms with van der Waals surface area (Å²) in [5.74, 6) is -1.49. The number of benzene rings is 1. The Kier molecular flexibility index (Phi) is 7.69. The average molecular weight is 466 g/mol. The van der Waals surface area contributed by atoms with Crippen LogP contribution >= 0.6 is 11.6 Å². The number of amides is 1. The van der Waals surface area contributed by atoms with E-state index >= 15 is 0 Å². The van der Waals surface area contributed by atoms with Gasteiger partial charge in [-0.05, 0) is 31.0 Å². The van der Waals surface area contributed by atoms with Gasteiger partial charge >= 0.3 is 5.97 Å². The van der Waals surface area contributed by atoms with Crippen LogP contribution < -0.4 is 0 Å². The molecular weight excluding hydrogens is 442 g/mol. The highest BCUT2D eigenvalue weighted by molar-refractivity contribution is 7.91. The van der Waals surface area contributed by atoms with Gasteiger partial charge in [0.05, 0.1) is 27.0 Å². The fourth-order valence-corrected chi connectivity index (χ4v) is 5.61. The Labute approximate surface area is 176 Å². The van der Waals surface area contributed by atoms with Crippen LogP contribution in [0.2, 0.25) is 5.02 Å². The summed E-state index contributed by atoms with van der Waals surface area (Å²) in [5, 5.41) is -0.000394. The van der Waals surface area contributed by atoms with Gasteiger partial charge in [-0.15, -0.1) is 0 Å². The van der Waals surface area contributed by atoms with Crippen molar-refractivity contribution in [2.75, 3.05) is 30.9 Å². The number of carbonyl (C=O) groups is 2. The largest absolute Gasteiger partial charge is 0.452 e. The van der Waals surface area contributed by atoms with Crippen LogP contribution in [-0.4, -0.2) is 70.6 Å². The molecule has 29 heavy (non-hydrogen) atoms. The minimum absolute atomic E-state index is 0.000394. The average Bonchev–Trinajstić information content (AvgIpc) is 2.99.